The Morgan fingerprint density at radius 3 is 2.39 bits per heavy atom. The molecular weight excluding hydrogens is 232 g/mol. The highest BCUT2D eigenvalue weighted by atomic mass is 16.3. The number of carbonyl (C=O) groups is 1. The third-order valence-electron chi connectivity index (χ3n) is 2.67. The normalized spacial score (nSPS) is 10.3. The lowest BCUT2D eigenvalue weighted by molar-refractivity contribution is 0.103. The zero-order valence-corrected chi connectivity index (χ0v) is 9.71. The summed E-state index contributed by atoms with van der Waals surface area (Å²) in [6, 6.07) is 8.42. The van der Waals surface area contributed by atoms with Crippen molar-refractivity contribution in [3.63, 3.8) is 0 Å². The van der Waals surface area contributed by atoms with Crippen molar-refractivity contribution in [1.82, 2.24) is 0 Å². The van der Waals surface area contributed by atoms with Crippen LogP contribution in [0.1, 0.15) is 21.5 Å². The fourth-order valence-corrected chi connectivity index (χ4v) is 1.67. The van der Waals surface area contributed by atoms with Crippen molar-refractivity contribution in [2.75, 3.05) is 0 Å². The monoisotopic (exact) mass is 244 g/mol. The largest absolute Gasteiger partial charge is 0.508 e. The van der Waals surface area contributed by atoms with Crippen molar-refractivity contribution in [3.05, 3.63) is 53.1 Å². The van der Waals surface area contributed by atoms with Crippen LogP contribution in [0.25, 0.3) is 0 Å². The summed E-state index contributed by atoms with van der Waals surface area (Å²) in [5, 5.41) is 28.4. The molecule has 0 fully saturated rings. The maximum atomic E-state index is 12.1. The van der Waals surface area contributed by atoms with Crippen LogP contribution in [0.3, 0.4) is 0 Å². The number of phenolic OH excluding ortho intramolecular Hbond substituents is 3. The predicted octanol–water partition coefficient (Wildman–Crippen LogP) is 2.34. The Morgan fingerprint density at radius 1 is 1.00 bits per heavy atom. The minimum Gasteiger partial charge on any atom is -0.508 e. The molecule has 4 nitrogen and oxygen atoms in total. The molecule has 2 aromatic rings. The van der Waals surface area contributed by atoms with E-state index in [4.69, 9.17) is 0 Å². The molecule has 3 N–H and O–H groups in total. The highest BCUT2D eigenvalue weighted by Gasteiger charge is 2.15. The average molecular weight is 244 g/mol. The second-order valence-electron chi connectivity index (χ2n) is 4.04. The Balaban J connectivity index is 2.49. The second-order valence-corrected chi connectivity index (χ2v) is 4.04. The van der Waals surface area contributed by atoms with Crippen LogP contribution < -0.4 is 0 Å². The summed E-state index contributed by atoms with van der Waals surface area (Å²) >= 11 is 0. The number of hydrogen-bond acceptors (Lipinski definition) is 4. The van der Waals surface area contributed by atoms with Gasteiger partial charge in [-0.3, -0.25) is 4.79 Å². The molecule has 0 radical (unpaired) electrons. The van der Waals surface area contributed by atoms with Crippen molar-refractivity contribution in [3.8, 4) is 17.2 Å². The third-order valence-corrected chi connectivity index (χ3v) is 2.67. The Kier molecular flexibility index (Phi) is 2.93. The lowest BCUT2D eigenvalue weighted by atomic mass is 10.00. The van der Waals surface area contributed by atoms with Crippen LogP contribution in [-0.4, -0.2) is 21.1 Å². The summed E-state index contributed by atoms with van der Waals surface area (Å²) in [7, 11) is 0. The van der Waals surface area contributed by atoms with E-state index >= 15 is 0 Å². The van der Waals surface area contributed by atoms with Crippen LogP contribution in [0.5, 0.6) is 17.2 Å². The van der Waals surface area contributed by atoms with Gasteiger partial charge in [0.1, 0.15) is 17.2 Å². The first kappa shape index (κ1) is 12.0. The zero-order valence-electron chi connectivity index (χ0n) is 9.71. The summed E-state index contributed by atoms with van der Waals surface area (Å²) in [6.45, 7) is 1.63. The summed E-state index contributed by atoms with van der Waals surface area (Å²) in [6.07, 6.45) is 0. The summed E-state index contributed by atoms with van der Waals surface area (Å²) < 4.78 is 0. The van der Waals surface area contributed by atoms with E-state index < -0.39 is 5.78 Å². The van der Waals surface area contributed by atoms with Crippen LogP contribution >= 0.6 is 0 Å². The number of benzene rings is 2. The smallest absolute Gasteiger partial charge is 0.196 e. The van der Waals surface area contributed by atoms with Crippen molar-refractivity contribution < 1.29 is 20.1 Å². The van der Waals surface area contributed by atoms with Crippen molar-refractivity contribution >= 4 is 5.78 Å². The molecule has 4 heteroatoms. The highest BCUT2D eigenvalue weighted by molar-refractivity contribution is 6.11. The number of rotatable bonds is 2. The van der Waals surface area contributed by atoms with Crippen LogP contribution in [0.4, 0.5) is 0 Å². The molecule has 0 bridgehead atoms. The van der Waals surface area contributed by atoms with Gasteiger partial charge in [0.15, 0.2) is 5.78 Å². The number of phenols is 3. The lowest BCUT2D eigenvalue weighted by Gasteiger charge is -2.07. The Morgan fingerprint density at radius 2 is 1.72 bits per heavy atom. The standard InChI is InChI=1S/C14H12O4/c1-8-5-11(13(17)7-12(8)16)14(18)9-3-2-4-10(15)6-9/h2-7,15-17H,1H3. The van der Waals surface area contributed by atoms with Gasteiger partial charge in [-0.2, -0.15) is 0 Å². The minimum absolute atomic E-state index is 0.0177. The summed E-state index contributed by atoms with van der Waals surface area (Å²) in [4.78, 5) is 12.1. The molecule has 0 saturated carbocycles. The molecule has 18 heavy (non-hydrogen) atoms. The number of ketones is 1. The van der Waals surface area contributed by atoms with Gasteiger partial charge < -0.3 is 15.3 Å². The van der Waals surface area contributed by atoms with E-state index in [0.717, 1.165) is 6.07 Å². The van der Waals surface area contributed by atoms with Crippen molar-refractivity contribution in [2.24, 2.45) is 0 Å². The number of aryl methyl sites for hydroxylation is 1. The number of carbonyl (C=O) groups excluding carboxylic acids is 1. The molecule has 0 saturated heterocycles. The van der Waals surface area contributed by atoms with E-state index in [1.807, 2.05) is 0 Å². The quantitative estimate of drug-likeness (QED) is 0.708. The van der Waals surface area contributed by atoms with Gasteiger partial charge in [0.2, 0.25) is 0 Å². The summed E-state index contributed by atoms with van der Waals surface area (Å²) in [5.41, 5.74) is 0.864. The highest BCUT2D eigenvalue weighted by Crippen LogP contribution is 2.29. The van der Waals surface area contributed by atoms with E-state index in [-0.39, 0.29) is 28.4 Å². The van der Waals surface area contributed by atoms with Gasteiger partial charge in [0.25, 0.3) is 0 Å². The third kappa shape index (κ3) is 2.13. The Bertz CT molecular complexity index is 617. The van der Waals surface area contributed by atoms with Gasteiger partial charge in [0, 0.05) is 11.6 Å². The van der Waals surface area contributed by atoms with Crippen molar-refractivity contribution in [2.45, 2.75) is 6.92 Å². The van der Waals surface area contributed by atoms with Gasteiger partial charge in [-0.15, -0.1) is 0 Å². The van der Waals surface area contributed by atoms with Gasteiger partial charge in [0.05, 0.1) is 5.56 Å². The first-order valence-electron chi connectivity index (χ1n) is 5.35. The lowest BCUT2D eigenvalue weighted by Crippen LogP contribution is -2.02. The van der Waals surface area contributed by atoms with E-state index in [1.54, 1.807) is 19.1 Å². The van der Waals surface area contributed by atoms with E-state index in [9.17, 15) is 20.1 Å². The van der Waals surface area contributed by atoms with Crippen LogP contribution in [0.2, 0.25) is 0 Å². The van der Waals surface area contributed by atoms with Crippen LogP contribution in [-0.2, 0) is 0 Å². The maximum Gasteiger partial charge on any atom is 0.196 e. The fourth-order valence-electron chi connectivity index (χ4n) is 1.67. The molecule has 0 unspecified atom stereocenters. The minimum atomic E-state index is -0.411. The zero-order chi connectivity index (χ0) is 13.3. The molecule has 0 atom stereocenters. The first-order valence-corrected chi connectivity index (χ1v) is 5.35. The molecule has 0 heterocycles. The molecular formula is C14H12O4. The molecule has 0 aliphatic rings. The summed E-state index contributed by atoms with van der Waals surface area (Å²) in [5.74, 6) is -0.784. The van der Waals surface area contributed by atoms with Gasteiger partial charge in [-0.05, 0) is 30.7 Å². The Hall–Kier alpha value is -2.49. The fraction of sp³-hybridized carbons (Fsp3) is 0.0714. The van der Waals surface area contributed by atoms with Crippen molar-refractivity contribution in [1.29, 1.82) is 0 Å². The average Bonchev–Trinajstić information content (AvgIpc) is 2.33. The van der Waals surface area contributed by atoms with E-state index in [1.165, 1.54) is 18.2 Å². The van der Waals surface area contributed by atoms with Gasteiger partial charge >= 0.3 is 0 Å². The molecule has 0 amide bonds. The topological polar surface area (TPSA) is 77.8 Å². The molecule has 2 rings (SSSR count). The molecule has 0 aliphatic carbocycles. The molecule has 0 spiro atoms. The Labute approximate surface area is 104 Å². The molecule has 0 aromatic heterocycles. The molecule has 2 aromatic carbocycles. The van der Waals surface area contributed by atoms with E-state index in [2.05, 4.69) is 0 Å². The van der Waals surface area contributed by atoms with Gasteiger partial charge in [-0.1, -0.05) is 12.1 Å². The van der Waals surface area contributed by atoms with Crippen LogP contribution in [0.15, 0.2) is 36.4 Å². The van der Waals surface area contributed by atoms with Crippen LogP contribution in [0, 0.1) is 6.92 Å². The second kappa shape index (κ2) is 4.41. The predicted molar refractivity (Wildman–Crippen MR) is 66.0 cm³/mol. The number of hydrogen-bond donors (Lipinski definition) is 3. The number of aromatic hydroxyl groups is 3. The van der Waals surface area contributed by atoms with E-state index in [0.29, 0.717) is 5.56 Å². The maximum absolute atomic E-state index is 12.1. The van der Waals surface area contributed by atoms with Gasteiger partial charge in [-0.25, -0.2) is 0 Å². The first-order chi connectivity index (χ1) is 8.49. The SMILES string of the molecule is Cc1cc(C(=O)c2cccc(O)c2)c(O)cc1O. The molecule has 92 valence electrons. The molecule has 0 aliphatic heterocycles.